The van der Waals surface area contributed by atoms with Gasteiger partial charge < -0.3 is 29.0 Å². The van der Waals surface area contributed by atoms with Crippen molar-refractivity contribution in [2.24, 2.45) is 10.9 Å². The summed E-state index contributed by atoms with van der Waals surface area (Å²) in [5.74, 6) is 2.88. The molecule has 0 amide bonds. The average molecular weight is 435 g/mol. The van der Waals surface area contributed by atoms with Crippen molar-refractivity contribution in [3.8, 4) is 0 Å². The van der Waals surface area contributed by atoms with Crippen LogP contribution in [-0.2, 0) is 15.9 Å². The fourth-order valence-electron chi connectivity index (χ4n) is 4.44. The zero-order valence-corrected chi connectivity index (χ0v) is 19.6. The lowest BCUT2D eigenvalue weighted by molar-refractivity contribution is 0.117. The van der Waals surface area contributed by atoms with Crippen LogP contribution in [0.1, 0.15) is 44.3 Å². The van der Waals surface area contributed by atoms with Gasteiger partial charge in [-0.15, -0.1) is 0 Å². The summed E-state index contributed by atoms with van der Waals surface area (Å²) < 4.78 is 16.4. The number of guanidine groups is 1. The van der Waals surface area contributed by atoms with Crippen molar-refractivity contribution >= 4 is 5.96 Å². The number of aliphatic imine (C=N–C) groups is 1. The maximum atomic E-state index is 5.78. The SMILES string of the molecule is COCCN(C)CCCC1CCN(C(=NCC2CCCO2)NCCc2ccco2)CC1. The number of furan rings is 1. The predicted molar refractivity (Wildman–Crippen MR) is 125 cm³/mol. The molecule has 1 unspecified atom stereocenters. The number of nitrogens with one attached hydrogen (secondary N) is 1. The van der Waals surface area contributed by atoms with Crippen LogP contribution in [0.4, 0.5) is 0 Å². The van der Waals surface area contributed by atoms with Gasteiger partial charge in [-0.2, -0.15) is 0 Å². The molecule has 31 heavy (non-hydrogen) atoms. The van der Waals surface area contributed by atoms with Crippen LogP contribution in [0.25, 0.3) is 0 Å². The van der Waals surface area contributed by atoms with Gasteiger partial charge in [-0.3, -0.25) is 4.99 Å². The Morgan fingerprint density at radius 3 is 2.87 bits per heavy atom. The minimum Gasteiger partial charge on any atom is -0.469 e. The molecule has 1 aromatic rings. The zero-order chi connectivity index (χ0) is 21.7. The molecule has 2 aliphatic rings. The fraction of sp³-hybridized carbons (Fsp3) is 0.792. The molecule has 7 nitrogen and oxygen atoms in total. The molecular weight excluding hydrogens is 392 g/mol. The lowest BCUT2D eigenvalue weighted by atomic mass is 9.92. The Morgan fingerprint density at radius 2 is 2.16 bits per heavy atom. The molecule has 2 aliphatic heterocycles. The summed E-state index contributed by atoms with van der Waals surface area (Å²) in [6.07, 6.45) is 10.3. The van der Waals surface area contributed by atoms with Crippen LogP contribution < -0.4 is 5.32 Å². The number of hydrogen-bond donors (Lipinski definition) is 1. The van der Waals surface area contributed by atoms with Gasteiger partial charge in [0.05, 0.1) is 25.5 Å². The van der Waals surface area contributed by atoms with Crippen molar-refractivity contribution in [2.45, 2.75) is 51.0 Å². The molecule has 0 radical (unpaired) electrons. The quantitative estimate of drug-likeness (QED) is 0.403. The molecule has 3 rings (SSSR count). The molecule has 0 aliphatic carbocycles. The third-order valence-corrected chi connectivity index (χ3v) is 6.45. The van der Waals surface area contributed by atoms with E-state index in [9.17, 15) is 0 Å². The van der Waals surface area contributed by atoms with Crippen LogP contribution in [0.2, 0.25) is 0 Å². The standard InChI is InChI=1S/C24H42N4O3/c1-27(16-19-29-2)13-3-6-21-10-14-28(15-11-21)24(26-20-23-8-5-18-31-23)25-12-9-22-7-4-17-30-22/h4,7,17,21,23H,3,5-6,8-16,18-20H2,1-2H3,(H,25,26). The normalized spacial score (nSPS) is 20.7. The number of nitrogens with zero attached hydrogens (tertiary/aromatic N) is 3. The van der Waals surface area contributed by atoms with E-state index in [1.54, 1.807) is 13.4 Å². The Kier molecular flexibility index (Phi) is 10.7. The monoisotopic (exact) mass is 434 g/mol. The van der Waals surface area contributed by atoms with E-state index >= 15 is 0 Å². The van der Waals surface area contributed by atoms with Gasteiger partial charge in [0.15, 0.2) is 5.96 Å². The van der Waals surface area contributed by atoms with Crippen molar-refractivity contribution in [3.63, 3.8) is 0 Å². The topological polar surface area (TPSA) is 62.5 Å². The van der Waals surface area contributed by atoms with Gasteiger partial charge >= 0.3 is 0 Å². The third kappa shape index (κ3) is 8.83. The largest absolute Gasteiger partial charge is 0.469 e. The van der Waals surface area contributed by atoms with Crippen LogP contribution in [0.3, 0.4) is 0 Å². The zero-order valence-electron chi connectivity index (χ0n) is 19.6. The minimum absolute atomic E-state index is 0.287. The Morgan fingerprint density at radius 1 is 1.29 bits per heavy atom. The van der Waals surface area contributed by atoms with E-state index in [0.29, 0.717) is 0 Å². The van der Waals surface area contributed by atoms with Gasteiger partial charge in [-0.05, 0) is 70.2 Å². The van der Waals surface area contributed by atoms with Gasteiger partial charge in [0, 0.05) is 46.3 Å². The molecule has 1 atom stereocenters. The highest BCUT2D eigenvalue weighted by Gasteiger charge is 2.22. The third-order valence-electron chi connectivity index (χ3n) is 6.45. The van der Waals surface area contributed by atoms with Crippen LogP contribution in [0.5, 0.6) is 0 Å². The Balaban J connectivity index is 1.41. The number of likely N-dealkylation sites (N-methyl/N-ethyl adjacent to an activating group) is 1. The smallest absolute Gasteiger partial charge is 0.194 e. The molecule has 1 aromatic heterocycles. The van der Waals surface area contributed by atoms with Crippen molar-refractivity contribution in [1.29, 1.82) is 0 Å². The van der Waals surface area contributed by atoms with E-state index < -0.39 is 0 Å². The summed E-state index contributed by atoms with van der Waals surface area (Å²) in [7, 11) is 3.96. The molecule has 7 heteroatoms. The molecule has 0 saturated carbocycles. The summed E-state index contributed by atoms with van der Waals surface area (Å²) in [6.45, 7) is 7.64. The predicted octanol–water partition coefficient (Wildman–Crippen LogP) is 3.02. The maximum absolute atomic E-state index is 5.78. The van der Waals surface area contributed by atoms with E-state index in [4.69, 9.17) is 18.9 Å². The molecule has 176 valence electrons. The molecule has 3 heterocycles. The highest BCUT2D eigenvalue weighted by atomic mass is 16.5. The van der Waals surface area contributed by atoms with Crippen LogP contribution in [-0.4, -0.2) is 88.5 Å². The Hall–Kier alpha value is -1.57. The van der Waals surface area contributed by atoms with Gasteiger partial charge in [-0.1, -0.05) is 0 Å². The number of likely N-dealkylation sites (tertiary alicyclic amines) is 1. The first-order valence-corrected chi connectivity index (χ1v) is 12.1. The minimum atomic E-state index is 0.287. The van der Waals surface area contributed by atoms with Crippen LogP contribution in [0, 0.1) is 5.92 Å². The van der Waals surface area contributed by atoms with Crippen molar-refractivity contribution in [1.82, 2.24) is 15.1 Å². The Labute approximate surface area is 188 Å². The second kappa shape index (κ2) is 13.8. The molecule has 1 N–H and O–H groups in total. The van der Waals surface area contributed by atoms with Crippen molar-refractivity contribution in [2.75, 3.05) is 66.6 Å². The van der Waals surface area contributed by atoms with Crippen molar-refractivity contribution < 1.29 is 13.9 Å². The van der Waals surface area contributed by atoms with E-state index in [-0.39, 0.29) is 6.10 Å². The molecule has 0 aromatic carbocycles. The molecule has 2 saturated heterocycles. The fourth-order valence-corrected chi connectivity index (χ4v) is 4.44. The van der Waals surface area contributed by atoms with Crippen LogP contribution >= 0.6 is 0 Å². The van der Waals surface area contributed by atoms with Gasteiger partial charge in [0.1, 0.15) is 5.76 Å². The van der Waals surface area contributed by atoms with Gasteiger partial charge in [0.25, 0.3) is 0 Å². The molecule has 0 bridgehead atoms. The summed E-state index contributed by atoms with van der Waals surface area (Å²) >= 11 is 0. The van der Waals surface area contributed by atoms with Gasteiger partial charge in [0.2, 0.25) is 0 Å². The first kappa shape index (κ1) is 24.1. The van der Waals surface area contributed by atoms with Crippen molar-refractivity contribution in [3.05, 3.63) is 24.2 Å². The second-order valence-corrected chi connectivity index (χ2v) is 8.92. The first-order chi connectivity index (χ1) is 15.2. The number of ether oxygens (including phenoxy) is 2. The summed E-state index contributed by atoms with van der Waals surface area (Å²) in [6, 6.07) is 3.98. The number of methoxy groups -OCH3 is 1. The van der Waals surface area contributed by atoms with E-state index in [0.717, 1.165) is 89.4 Å². The summed E-state index contributed by atoms with van der Waals surface area (Å²) in [5.41, 5.74) is 0. The average Bonchev–Trinajstić information content (AvgIpc) is 3.49. The van der Waals surface area contributed by atoms with Gasteiger partial charge in [-0.25, -0.2) is 0 Å². The van der Waals surface area contributed by atoms with E-state index in [1.165, 1.54) is 25.7 Å². The molecular formula is C24H42N4O3. The molecule has 0 spiro atoms. The van der Waals surface area contributed by atoms with Crippen LogP contribution in [0.15, 0.2) is 27.8 Å². The highest BCUT2D eigenvalue weighted by Crippen LogP contribution is 2.22. The lowest BCUT2D eigenvalue weighted by Gasteiger charge is -2.34. The first-order valence-electron chi connectivity index (χ1n) is 12.1. The number of rotatable bonds is 12. The summed E-state index contributed by atoms with van der Waals surface area (Å²) in [5, 5.41) is 3.59. The number of hydrogen-bond acceptors (Lipinski definition) is 5. The van der Waals surface area contributed by atoms with E-state index in [2.05, 4.69) is 22.2 Å². The Bertz CT molecular complexity index is 608. The second-order valence-electron chi connectivity index (χ2n) is 8.92. The van der Waals surface area contributed by atoms with E-state index in [1.807, 2.05) is 12.1 Å². The maximum Gasteiger partial charge on any atom is 0.194 e. The molecule has 2 fully saturated rings. The summed E-state index contributed by atoms with van der Waals surface area (Å²) in [4.78, 5) is 9.76. The number of piperidine rings is 1. The lowest BCUT2D eigenvalue weighted by Crippen LogP contribution is -2.46. The highest BCUT2D eigenvalue weighted by molar-refractivity contribution is 5.80.